The lowest BCUT2D eigenvalue weighted by Crippen LogP contribution is -2.36. The number of nitrogens with one attached hydrogen (secondary N) is 1. The van der Waals surface area contributed by atoms with Gasteiger partial charge >= 0.3 is 0 Å². The van der Waals surface area contributed by atoms with Crippen LogP contribution < -0.4 is 5.32 Å². The van der Waals surface area contributed by atoms with Gasteiger partial charge in [0.2, 0.25) is 0 Å². The van der Waals surface area contributed by atoms with Crippen molar-refractivity contribution in [1.82, 2.24) is 10.2 Å². The molecular formula is C12H23N3. The highest BCUT2D eigenvalue weighted by Crippen LogP contribution is 2.18. The number of rotatable bonds is 5. The van der Waals surface area contributed by atoms with E-state index in [1.807, 2.05) is 13.8 Å². The number of likely N-dealkylation sites (N-methyl/N-ethyl adjacent to an activating group) is 1. The van der Waals surface area contributed by atoms with Crippen LogP contribution in [0.15, 0.2) is 0 Å². The number of hydrogen-bond acceptors (Lipinski definition) is 3. The van der Waals surface area contributed by atoms with Gasteiger partial charge in [-0.2, -0.15) is 5.26 Å². The van der Waals surface area contributed by atoms with E-state index in [1.165, 1.54) is 19.4 Å². The third-order valence-corrected chi connectivity index (χ3v) is 3.12. The summed E-state index contributed by atoms with van der Waals surface area (Å²) in [6.45, 7) is 7.31. The molecule has 0 aromatic carbocycles. The van der Waals surface area contributed by atoms with Gasteiger partial charge in [-0.25, -0.2) is 0 Å². The molecule has 0 aromatic heterocycles. The zero-order valence-electron chi connectivity index (χ0n) is 10.2. The predicted molar refractivity (Wildman–Crippen MR) is 62.5 cm³/mol. The van der Waals surface area contributed by atoms with Gasteiger partial charge in [-0.05, 0) is 53.2 Å². The van der Waals surface area contributed by atoms with Crippen LogP contribution in [0.4, 0.5) is 0 Å². The van der Waals surface area contributed by atoms with Crippen molar-refractivity contribution in [2.45, 2.75) is 39.2 Å². The van der Waals surface area contributed by atoms with E-state index in [4.69, 9.17) is 5.26 Å². The van der Waals surface area contributed by atoms with Crippen molar-refractivity contribution >= 4 is 0 Å². The zero-order valence-corrected chi connectivity index (χ0v) is 10.2. The second-order valence-corrected chi connectivity index (χ2v) is 5.30. The third kappa shape index (κ3) is 4.63. The molecule has 0 radical (unpaired) electrons. The molecule has 0 amide bonds. The molecule has 1 fully saturated rings. The average molecular weight is 209 g/mol. The fourth-order valence-electron chi connectivity index (χ4n) is 1.91. The minimum absolute atomic E-state index is 0.183. The lowest BCUT2D eigenvalue weighted by atomic mass is 9.91. The Morgan fingerprint density at radius 2 is 2.27 bits per heavy atom. The molecule has 1 aliphatic heterocycles. The maximum Gasteiger partial charge on any atom is 0.0684 e. The van der Waals surface area contributed by atoms with E-state index in [-0.39, 0.29) is 5.41 Å². The maximum atomic E-state index is 8.91. The summed E-state index contributed by atoms with van der Waals surface area (Å²) in [6, 6.07) is 3.01. The molecule has 1 saturated heterocycles. The Morgan fingerprint density at radius 3 is 2.80 bits per heavy atom. The van der Waals surface area contributed by atoms with Crippen molar-refractivity contribution in [1.29, 1.82) is 5.26 Å². The first kappa shape index (κ1) is 12.5. The van der Waals surface area contributed by atoms with Gasteiger partial charge in [0.1, 0.15) is 0 Å². The van der Waals surface area contributed by atoms with Crippen molar-refractivity contribution < 1.29 is 0 Å². The first-order valence-corrected chi connectivity index (χ1v) is 5.87. The van der Waals surface area contributed by atoms with E-state index < -0.39 is 0 Å². The summed E-state index contributed by atoms with van der Waals surface area (Å²) in [5.41, 5.74) is -0.183. The molecule has 0 spiro atoms. The predicted octanol–water partition coefficient (Wildman–Crippen LogP) is 1.61. The fourth-order valence-corrected chi connectivity index (χ4v) is 1.91. The average Bonchev–Trinajstić information content (AvgIpc) is 2.68. The van der Waals surface area contributed by atoms with Gasteiger partial charge in [-0.15, -0.1) is 0 Å². The van der Waals surface area contributed by atoms with Gasteiger partial charge in [0.05, 0.1) is 11.5 Å². The molecule has 1 aliphatic rings. The molecule has 0 aromatic rings. The first-order valence-electron chi connectivity index (χ1n) is 5.87. The molecule has 86 valence electrons. The van der Waals surface area contributed by atoms with Crippen molar-refractivity contribution in [3.63, 3.8) is 0 Å². The Kier molecular flexibility index (Phi) is 4.56. The summed E-state index contributed by atoms with van der Waals surface area (Å²) < 4.78 is 0. The van der Waals surface area contributed by atoms with Crippen molar-refractivity contribution in [3.8, 4) is 6.07 Å². The van der Waals surface area contributed by atoms with Crippen LogP contribution in [0.1, 0.15) is 33.1 Å². The summed E-state index contributed by atoms with van der Waals surface area (Å²) >= 11 is 0. The molecule has 3 heteroatoms. The van der Waals surface area contributed by atoms with Gasteiger partial charge in [0, 0.05) is 12.6 Å². The number of nitriles is 1. The molecule has 0 aliphatic carbocycles. The van der Waals surface area contributed by atoms with Crippen LogP contribution in [0.25, 0.3) is 0 Å². The standard InChI is InChI=1S/C12H23N3/c1-12(2,10-13)6-8-15(3)9-11-5-4-7-14-11/h11,14H,4-9H2,1-3H3. The van der Waals surface area contributed by atoms with Crippen LogP contribution in [-0.2, 0) is 0 Å². The van der Waals surface area contributed by atoms with Crippen LogP contribution in [-0.4, -0.2) is 37.6 Å². The van der Waals surface area contributed by atoms with Crippen LogP contribution in [0, 0.1) is 16.7 Å². The molecule has 1 rings (SSSR count). The number of hydrogen-bond donors (Lipinski definition) is 1. The highest BCUT2D eigenvalue weighted by atomic mass is 15.1. The normalized spacial score (nSPS) is 21.9. The minimum Gasteiger partial charge on any atom is -0.313 e. The van der Waals surface area contributed by atoms with Gasteiger partial charge in [0.25, 0.3) is 0 Å². The second-order valence-electron chi connectivity index (χ2n) is 5.30. The molecule has 15 heavy (non-hydrogen) atoms. The fraction of sp³-hybridized carbons (Fsp3) is 0.917. The minimum atomic E-state index is -0.183. The van der Waals surface area contributed by atoms with Crippen LogP contribution in [0.2, 0.25) is 0 Å². The summed E-state index contributed by atoms with van der Waals surface area (Å²) in [5, 5.41) is 12.4. The third-order valence-electron chi connectivity index (χ3n) is 3.12. The van der Waals surface area contributed by atoms with Crippen LogP contribution >= 0.6 is 0 Å². The van der Waals surface area contributed by atoms with E-state index in [2.05, 4.69) is 23.3 Å². The zero-order chi connectivity index (χ0) is 11.3. The van der Waals surface area contributed by atoms with E-state index >= 15 is 0 Å². The van der Waals surface area contributed by atoms with Gasteiger partial charge in [0.15, 0.2) is 0 Å². The molecule has 3 nitrogen and oxygen atoms in total. The molecule has 1 heterocycles. The number of nitrogens with zero attached hydrogens (tertiary/aromatic N) is 2. The summed E-state index contributed by atoms with van der Waals surface area (Å²) in [5.74, 6) is 0. The second kappa shape index (κ2) is 5.48. The van der Waals surface area contributed by atoms with Gasteiger partial charge in [-0.1, -0.05) is 0 Å². The van der Waals surface area contributed by atoms with Gasteiger partial charge < -0.3 is 10.2 Å². The first-order chi connectivity index (χ1) is 7.03. The van der Waals surface area contributed by atoms with Crippen LogP contribution in [0.5, 0.6) is 0 Å². The van der Waals surface area contributed by atoms with E-state index in [0.29, 0.717) is 6.04 Å². The molecular weight excluding hydrogens is 186 g/mol. The quantitative estimate of drug-likeness (QED) is 0.747. The van der Waals surface area contributed by atoms with Crippen molar-refractivity contribution in [2.24, 2.45) is 5.41 Å². The Balaban J connectivity index is 2.18. The summed E-state index contributed by atoms with van der Waals surface area (Å²) in [6.07, 6.45) is 3.56. The Hall–Kier alpha value is -0.590. The Morgan fingerprint density at radius 1 is 1.53 bits per heavy atom. The van der Waals surface area contributed by atoms with E-state index in [1.54, 1.807) is 0 Å². The Bertz CT molecular complexity index is 224. The van der Waals surface area contributed by atoms with Gasteiger partial charge in [-0.3, -0.25) is 0 Å². The monoisotopic (exact) mass is 209 g/mol. The van der Waals surface area contributed by atoms with Crippen molar-refractivity contribution in [2.75, 3.05) is 26.7 Å². The van der Waals surface area contributed by atoms with Crippen molar-refractivity contribution in [3.05, 3.63) is 0 Å². The summed E-state index contributed by atoms with van der Waals surface area (Å²) in [7, 11) is 2.15. The largest absolute Gasteiger partial charge is 0.313 e. The van der Waals surface area contributed by atoms with E-state index in [9.17, 15) is 0 Å². The highest BCUT2D eigenvalue weighted by Gasteiger charge is 2.19. The molecule has 1 atom stereocenters. The molecule has 0 bridgehead atoms. The molecule has 1 N–H and O–H groups in total. The lowest BCUT2D eigenvalue weighted by molar-refractivity contribution is 0.265. The lowest BCUT2D eigenvalue weighted by Gasteiger charge is -2.24. The summed E-state index contributed by atoms with van der Waals surface area (Å²) in [4.78, 5) is 2.34. The smallest absolute Gasteiger partial charge is 0.0684 e. The SMILES string of the molecule is CN(CCC(C)(C)C#N)CC1CCCN1. The molecule has 0 saturated carbocycles. The topological polar surface area (TPSA) is 39.1 Å². The van der Waals surface area contributed by atoms with E-state index in [0.717, 1.165) is 19.5 Å². The Labute approximate surface area is 93.5 Å². The molecule has 1 unspecified atom stereocenters. The van der Waals surface area contributed by atoms with Crippen LogP contribution in [0.3, 0.4) is 0 Å². The highest BCUT2D eigenvalue weighted by molar-refractivity contribution is 4.92. The maximum absolute atomic E-state index is 8.91.